The number of benzene rings is 2. The van der Waals surface area contributed by atoms with Crippen LogP contribution in [0.1, 0.15) is 55.1 Å². The smallest absolute Gasteiger partial charge is 0.283 e. The number of rotatable bonds is 5. The normalized spacial score (nSPS) is 14.7. The van der Waals surface area contributed by atoms with Gasteiger partial charge in [-0.15, -0.1) is 0 Å². The summed E-state index contributed by atoms with van der Waals surface area (Å²) in [6, 6.07) is 13.3. The van der Waals surface area contributed by atoms with Crippen LogP contribution in [-0.4, -0.2) is 33.8 Å². The maximum Gasteiger partial charge on any atom is 0.286 e. The van der Waals surface area contributed by atoms with E-state index in [9.17, 15) is 4.79 Å². The van der Waals surface area contributed by atoms with Crippen molar-refractivity contribution in [3.8, 4) is 16.9 Å². The first-order valence-corrected chi connectivity index (χ1v) is 12.3. The Morgan fingerprint density at radius 1 is 1.06 bits per heavy atom. The Hall–Kier alpha value is -1.86. The molecule has 0 bridgehead atoms. The van der Waals surface area contributed by atoms with Gasteiger partial charge >= 0.3 is 0 Å². The summed E-state index contributed by atoms with van der Waals surface area (Å²) in [6.07, 6.45) is 3.35. The molecular formula is C24H25BrCl2N4O. The van der Waals surface area contributed by atoms with Crippen molar-refractivity contribution in [3.05, 3.63) is 68.2 Å². The summed E-state index contributed by atoms with van der Waals surface area (Å²) in [5, 5.41) is 7.80. The molecule has 1 fully saturated rings. The van der Waals surface area contributed by atoms with E-state index in [4.69, 9.17) is 28.3 Å². The number of aromatic nitrogens is 2. The highest BCUT2D eigenvalue weighted by Crippen LogP contribution is 2.37. The molecule has 1 aliphatic heterocycles. The average Bonchev–Trinajstić information content (AvgIpc) is 3.16. The van der Waals surface area contributed by atoms with E-state index in [1.54, 1.807) is 16.8 Å². The van der Waals surface area contributed by atoms with Crippen molar-refractivity contribution in [1.29, 1.82) is 0 Å². The van der Waals surface area contributed by atoms with E-state index in [0.717, 1.165) is 47.2 Å². The van der Waals surface area contributed by atoms with Gasteiger partial charge in [-0.25, -0.2) is 9.69 Å². The van der Waals surface area contributed by atoms with Crippen LogP contribution in [0, 0.1) is 0 Å². The van der Waals surface area contributed by atoms with Crippen molar-refractivity contribution in [2.75, 3.05) is 13.1 Å². The summed E-state index contributed by atoms with van der Waals surface area (Å²) in [7, 11) is 0. The Bertz CT molecular complexity index is 1120. The number of carbonyl (C=O) groups is 1. The summed E-state index contributed by atoms with van der Waals surface area (Å²) in [5.74, 6) is -0.131. The Labute approximate surface area is 206 Å². The fourth-order valence-electron chi connectivity index (χ4n) is 4.06. The minimum absolute atomic E-state index is 0.0654. The van der Waals surface area contributed by atoms with Crippen LogP contribution in [0.2, 0.25) is 10.0 Å². The molecule has 1 N–H and O–H groups in total. The third-order valence-corrected chi connectivity index (χ3v) is 6.65. The topological polar surface area (TPSA) is 50.2 Å². The van der Waals surface area contributed by atoms with E-state index in [2.05, 4.69) is 35.2 Å². The summed E-state index contributed by atoms with van der Waals surface area (Å²) in [5.41, 5.74) is 6.83. The fourth-order valence-corrected chi connectivity index (χ4v) is 4.81. The molecule has 0 spiro atoms. The van der Waals surface area contributed by atoms with Gasteiger partial charge in [0.2, 0.25) is 0 Å². The summed E-state index contributed by atoms with van der Waals surface area (Å²) < 4.78 is 2.74. The molecule has 8 heteroatoms. The zero-order valence-electron chi connectivity index (χ0n) is 18.0. The van der Waals surface area contributed by atoms with Gasteiger partial charge in [0.15, 0.2) is 5.69 Å². The molecule has 1 amide bonds. The van der Waals surface area contributed by atoms with E-state index in [1.165, 1.54) is 6.42 Å². The third-order valence-electron chi connectivity index (χ3n) is 5.59. The molecule has 1 aliphatic rings. The number of carbonyl (C=O) groups excluding carboxylic acids is 1. The van der Waals surface area contributed by atoms with E-state index in [-0.39, 0.29) is 11.8 Å². The molecule has 2 heterocycles. The van der Waals surface area contributed by atoms with Gasteiger partial charge in [-0.1, -0.05) is 71.5 Å². The molecule has 0 atom stereocenters. The van der Waals surface area contributed by atoms with Crippen LogP contribution < -0.4 is 5.43 Å². The van der Waals surface area contributed by atoms with Gasteiger partial charge in [0.05, 0.1) is 16.4 Å². The first-order chi connectivity index (χ1) is 15.3. The highest BCUT2D eigenvalue weighted by Gasteiger charge is 2.28. The Morgan fingerprint density at radius 3 is 2.38 bits per heavy atom. The average molecular weight is 536 g/mol. The number of piperidine rings is 1. The van der Waals surface area contributed by atoms with E-state index < -0.39 is 0 Å². The Balaban J connectivity index is 1.88. The summed E-state index contributed by atoms with van der Waals surface area (Å²) in [6.45, 7) is 5.85. The molecule has 2 aromatic carbocycles. The van der Waals surface area contributed by atoms with Crippen LogP contribution >= 0.6 is 39.1 Å². The predicted octanol–water partition coefficient (Wildman–Crippen LogP) is 6.86. The lowest BCUT2D eigenvalue weighted by Crippen LogP contribution is -2.45. The zero-order valence-corrected chi connectivity index (χ0v) is 21.1. The second-order valence-corrected chi connectivity index (χ2v) is 10.0. The van der Waals surface area contributed by atoms with Crippen LogP contribution in [0.3, 0.4) is 0 Å². The van der Waals surface area contributed by atoms with Crippen LogP contribution in [0.25, 0.3) is 16.9 Å². The van der Waals surface area contributed by atoms with Crippen molar-refractivity contribution in [2.45, 2.75) is 39.0 Å². The minimum Gasteiger partial charge on any atom is -0.283 e. The number of hydrogen-bond acceptors (Lipinski definition) is 3. The van der Waals surface area contributed by atoms with Crippen LogP contribution in [0.4, 0.5) is 0 Å². The van der Waals surface area contributed by atoms with Crippen molar-refractivity contribution < 1.29 is 4.79 Å². The highest BCUT2D eigenvalue weighted by molar-refractivity contribution is 9.10. The van der Waals surface area contributed by atoms with E-state index in [0.29, 0.717) is 21.4 Å². The van der Waals surface area contributed by atoms with Crippen molar-refractivity contribution >= 4 is 45.0 Å². The molecule has 0 unspecified atom stereocenters. The lowest BCUT2D eigenvalue weighted by molar-refractivity contribution is 0.0743. The van der Waals surface area contributed by atoms with Crippen LogP contribution in [-0.2, 0) is 0 Å². The predicted molar refractivity (Wildman–Crippen MR) is 134 cm³/mol. The van der Waals surface area contributed by atoms with Crippen molar-refractivity contribution in [2.24, 2.45) is 0 Å². The van der Waals surface area contributed by atoms with Crippen molar-refractivity contribution in [3.63, 3.8) is 0 Å². The van der Waals surface area contributed by atoms with Gasteiger partial charge in [-0.3, -0.25) is 10.2 Å². The van der Waals surface area contributed by atoms with Crippen LogP contribution in [0.5, 0.6) is 0 Å². The molecule has 168 valence electrons. The molecule has 3 aromatic rings. The number of halogens is 3. The zero-order chi connectivity index (χ0) is 22.8. The van der Waals surface area contributed by atoms with Crippen LogP contribution in [0.15, 0.2) is 46.9 Å². The molecular weight excluding hydrogens is 511 g/mol. The number of amides is 1. The number of hydrogen-bond donors (Lipinski definition) is 1. The van der Waals surface area contributed by atoms with Crippen molar-refractivity contribution in [1.82, 2.24) is 20.2 Å². The second-order valence-electron chi connectivity index (χ2n) is 8.27. The van der Waals surface area contributed by atoms with Gasteiger partial charge < -0.3 is 0 Å². The SMILES string of the molecule is CC(C)c1c(C(=O)NN2CCCCC2)nn(-c2ccc(Cl)cc2Cl)c1-c1ccc(Br)cc1. The lowest BCUT2D eigenvalue weighted by Gasteiger charge is -2.26. The summed E-state index contributed by atoms with van der Waals surface area (Å²) >= 11 is 16.2. The third kappa shape index (κ3) is 4.88. The molecule has 0 radical (unpaired) electrons. The monoisotopic (exact) mass is 534 g/mol. The molecule has 32 heavy (non-hydrogen) atoms. The fraction of sp³-hybridized carbons (Fsp3) is 0.333. The van der Waals surface area contributed by atoms with Gasteiger partial charge in [-0.2, -0.15) is 5.10 Å². The molecule has 4 rings (SSSR count). The second kappa shape index (κ2) is 9.96. The highest BCUT2D eigenvalue weighted by atomic mass is 79.9. The Kier molecular flexibility index (Phi) is 7.25. The van der Waals surface area contributed by atoms with Gasteiger partial charge in [0.1, 0.15) is 0 Å². The lowest BCUT2D eigenvalue weighted by atomic mass is 9.96. The maximum atomic E-state index is 13.4. The maximum absolute atomic E-state index is 13.4. The molecule has 0 saturated carbocycles. The van der Waals surface area contributed by atoms with Gasteiger partial charge in [0, 0.05) is 33.7 Å². The standard InChI is InChI=1S/C24H25BrCl2N4O/c1-15(2)21-22(24(32)29-30-12-4-3-5-13-30)28-31(20-11-10-18(26)14-19(20)27)23(21)16-6-8-17(25)9-7-16/h6-11,14-15H,3-5,12-13H2,1-2H3,(H,29,32). The van der Waals surface area contributed by atoms with E-state index >= 15 is 0 Å². The minimum atomic E-state index is -0.196. The molecule has 1 aromatic heterocycles. The van der Waals surface area contributed by atoms with Gasteiger partial charge in [0.25, 0.3) is 5.91 Å². The van der Waals surface area contributed by atoms with E-state index in [1.807, 2.05) is 35.3 Å². The number of hydrazine groups is 1. The largest absolute Gasteiger partial charge is 0.286 e. The molecule has 0 aliphatic carbocycles. The molecule has 5 nitrogen and oxygen atoms in total. The summed E-state index contributed by atoms with van der Waals surface area (Å²) in [4.78, 5) is 13.4. The molecule has 1 saturated heterocycles. The first kappa shape index (κ1) is 23.3. The number of nitrogens with zero attached hydrogens (tertiary/aromatic N) is 3. The first-order valence-electron chi connectivity index (χ1n) is 10.8. The quantitative estimate of drug-likeness (QED) is 0.388. The van der Waals surface area contributed by atoms with Gasteiger partial charge in [-0.05, 0) is 49.1 Å². The number of nitrogens with one attached hydrogen (secondary N) is 1. The Morgan fingerprint density at radius 2 is 1.75 bits per heavy atom.